The molecule has 1 aromatic heterocycles. The SMILES string of the molecule is COc1ccc(S(=O)(=O)N2CCN(C(=O)c3cc(C)nc4ccccc34)CC2)cc1. The van der Waals surface area contributed by atoms with E-state index in [-0.39, 0.29) is 23.9 Å². The predicted octanol–water partition coefficient (Wildman–Crippen LogP) is 2.70. The van der Waals surface area contributed by atoms with Gasteiger partial charge in [-0.05, 0) is 43.3 Å². The smallest absolute Gasteiger partial charge is 0.254 e. The Bertz CT molecular complexity index is 1180. The van der Waals surface area contributed by atoms with Crippen molar-refractivity contribution >= 4 is 26.8 Å². The van der Waals surface area contributed by atoms with Gasteiger partial charge in [-0.3, -0.25) is 9.78 Å². The van der Waals surface area contributed by atoms with Crippen molar-refractivity contribution in [3.05, 3.63) is 65.9 Å². The van der Waals surface area contributed by atoms with Crippen LogP contribution in [0.25, 0.3) is 10.9 Å². The van der Waals surface area contributed by atoms with Crippen LogP contribution in [0.4, 0.5) is 0 Å². The summed E-state index contributed by atoms with van der Waals surface area (Å²) in [5.41, 5.74) is 2.16. The average Bonchev–Trinajstić information content (AvgIpc) is 2.78. The maximum atomic E-state index is 13.2. The van der Waals surface area contributed by atoms with E-state index in [1.165, 1.54) is 23.5 Å². The highest BCUT2D eigenvalue weighted by atomic mass is 32.2. The molecule has 0 radical (unpaired) electrons. The van der Waals surface area contributed by atoms with Crippen molar-refractivity contribution in [3.8, 4) is 5.75 Å². The van der Waals surface area contributed by atoms with E-state index in [2.05, 4.69) is 4.98 Å². The van der Waals surface area contributed by atoms with Gasteiger partial charge in [0, 0.05) is 37.3 Å². The maximum Gasteiger partial charge on any atom is 0.254 e. The summed E-state index contributed by atoms with van der Waals surface area (Å²) >= 11 is 0. The van der Waals surface area contributed by atoms with E-state index in [0.29, 0.717) is 24.4 Å². The molecule has 1 fully saturated rings. The molecular weight excluding hydrogens is 402 g/mol. The zero-order valence-electron chi connectivity index (χ0n) is 16.9. The number of aryl methyl sites for hydroxylation is 1. The van der Waals surface area contributed by atoms with Crippen molar-refractivity contribution in [2.24, 2.45) is 0 Å². The van der Waals surface area contributed by atoms with Crippen LogP contribution in [0.1, 0.15) is 16.1 Å². The number of benzene rings is 2. The molecule has 1 saturated heterocycles. The first kappa shape index (κ1) is 20.3. The number of pyridine rings is 1. The zero-order valence-corrected chi connectivity index (χ0v) is 17.7. The number of rotatable bonds is 4. The van der Waals surface area contributed by atoms with Crippen LogP contribution >= 0.6 is 0 Å². The Labute approximate surface area is 175 Å². The first-order chi connectivity index (χ1) is 14.4. The second-order valence-electron chi connectivity index (χ2n) is 7.20. The second-order valence-corrected chi connectivity index (χ2v) is 9.14. The number of ether oxygens (including phenoxy) is 1. The normalized spacial score (nSPS) is 15.3. The minimum absolute atomic E-state index is 0.0989. The highest BCUT2D eigenvalue weighted by molar-refractivity contribution is 7.89. The predicted molar refractivity (Wildman–Crippen MR) is 114 cm³/mol. The molecule has 156 valence electrons. The van der Waals surface area contributed by atoms with Crippen molar-refractivity contribution in [2.75, 3.05) is 33.3 Å². The maximum absolute atomic E-state index is 13.2. The molecular formula is C22H23N3O4S. The Morgan fingerprint density at radius 2 is 1.67 bits per heavy atom. The Morgan fingerprint density at radius 1 is 1.00 bits per heavy atom. The molecule has 0 spiro atoms. The highest BCUT2D eigenvalue weighted by Gasteiger charge is 2.31. The standard InChI is InChI=1S/C22H23N3O4S/c1-16-15-20(19-5-3-4-6-21(19)23-16)22(26)24-11-13-25(14-12-24)30(27,28)18-9-7-17(29-2)8-10-18/h3-10,15H,11-14H2,1-2H3. The van der Waals surface area contributed by atoms with Gasteiger partial charge < -0.3 is 9.64 Å². The molecule has 1 aliphatic rings. The molecule has 0 N–H and O–H groups in total. The number of fused-ring (bicyclic) bond motifs is 1. The topological polar surface area (TPSA) is 79.8 Å². The van der Waals surface area contributed by atoms with Gasteiger partial charge in [0.2, 0.25) is 10.0 Å². The lowest BCUT2D eigenvalue weighted by Gasteiger charge is -2.34. The van der Waals surface area contributed by atoms with E-state index in [9.17, 15) is 13.2 Å². The van der Waals surface area contributed by atoms with Crippen LogP contribution in [-0.2, 0) is 10.0 Å². The van der Waals surface area contributed by atoms with Gasteiger partial charge in [0.1, 0.15) is 5.75 Å². The zero-order chi connectivity index (χ0) is 21.3. The van der Waals surface area contributed by atoms with Gasteiger partial charge in [0.05, 0.1) is 23.1 Å². The van der Waals surface area contributed by atoms with Crippen LogP contribution in [0, 0.1) is 6.92 Å². The lowest BCUT2D eigenvalue weighted by molar-refractivity contribution is 0.0699. The van der Waals surface area contributed by atoms with Crippen LogP contribution in [0.3, 0.4) is 0 Å². The van der Waals surface area contributed by atoms with Crippen molar-refractivity contribution < 1.29 is 17.9 Å². The Kier molecular flexibility index (Phi) is 5.44. The quantitative estimate of drug-likeness (QED) is 0.642. The average molecular weight is 426 g/mol. The molecule has 0 saturated carbocycles. The first-order valence-corrected chi connectivity index (χ1v) is 11.1. The number of methoxy groups -OCH3 is 1. The fourth-order valence-corrected chi connectivity index (χ4v) is 5.11. The largest absolute Gasteiger partial charge is 0.497 e. The van der Waals surface area contributed by atoms with Gasteiger partial charge in [-0.2, -0.15) is 4.31 Å². The molecule has 1 amide bonds. The van der Waals surface area contributed by atoms with Gasteiger partial charge in [0.15, 0.2) is 0 Å². The number of para-hydroxylation sites is 1. The van der Waals surface area contributed by atoms with Crippen molar-refractivity contribution in [3.63, 3.8) is 0 Å². The van der Waals surface area contributed by atoms with E-state index in [1.54, 1.807) is 23.1 Å². The third-order valence-electron chi connectivity index (χ3n) is 5.30. The summed E-state index contributed by atoms with van der Waals surface area (Å²) in [6.45, 7) is 3.04. The fraction of sp³-hybridized carbons (Fsp3) is 0.273. The second kappa shape index (κ2) is 8.04. The van der Waals surface area contributed by atoms with E-state index in [0.717, 1.165) is 16.6 Å². The Balaban J connectivity index is 1.51. The monoisotopic (exact) mass is 425 g/mol. The van der Waals surface area contributed by atoms with Crippen molar-refractivity contribution in [1.29, 1.82) is 0 Å². The number of nitrogens with zero attached hydrogens (tertiary/aromatic N) is 3. The minimum Gasteiger partial charge on any atom is -0.497 e. The lowest BCUT2D eigenvalue weighted by atomic mass is 10.1. The molecule has 0 bridgehead atoms. The van der Waals surface area contributed by atoms with Crippen molar-refractivity contribution in [2.45, 2.75) is 11.8 Å². The minimum atomic E-state index is -3.61. The molecule has 7 nitrogen and oxygen atoms in total. The highest BCUT2D eigenvalue weighted by Crippen LogP contribution is 2.23. The molecule has 0 unspecified atom stereocenters. The van der Waals surface area contributed by atoms with Gasteiger partial charge in [-0.1, -0.05) is 18.2 Å². The van der Waals surface area contributed by atoms with Crippen LogP contribution in [0.5, 0.6) is 5.75 Å². The van der Waals surface area contributed by atoms with E-state index < -0.39 is 10.0 Å². The van der Waals surface area contributed by atoms with Crippen LogP contribution < -0.4 is 4.74 Å². The number of aromatic nitrogens is 1. The Morgan fingerprint density at radius 3 is 2.33 bits per heavy atom. The third-order valence-corrected chi connectivity index (χ3v) is 7.21. The molecule has 0 aliphatic carbocycles. The summed E-state index contributed by atoms with van der Waals surface area (Å²) in [5.74, 6) is 0.502. The van der Waals surface area contributed by atoms with Crippen molar-refractivity contribution in [1.82, 2.24) is 14.2 Å². The van der Waals surface area contributed by atoms with Gasteiger partial charge in [0.25, 0.3) is 5.91 Å². The summed E-state index contributed by atoms with van der Waals surface area (Å²) in [6, 6.07) is 15.7. The van der Waals surface area contributed by atoms with E-state index in [1.807, 2.05) is 31.2 Å². The van der Waals surface area contributed by atoms with Gasteiger partial charge in [-0.25, -0.2) is 8.42 Å². The number of hydrogen-bond donors (Lipinski definition) is 0. The molecule has 2 aromatic carbocycles. The lowest BCUT2D eigenvalue weighted by Crippen LogP contribution is -2.50. The molecule has 4 rings (SSSR count). The number of carbonyl (C=O) groups excluding carboxylic acids is 1. The molecule has 2 heterocycles. The number of amides is 1. The summed E-state index contributed by atoms with van der Waals surface area (Å²) in [6.07, 6.45) is 0. The molecule has 1 aliphatic heterocycles. The van der Waals surface area contributed by atoms with Crippen LogP contribution in [0.15, 0.2) is 59.5 Å². The van der Waals surface area contributed by atoms with Crippen LogP contribution in [-0.4, -0.2) is 61.8 Å². The summed E-state index contributed by atoms with van der Waals surface area (Å²) < 4.78 is 32.4. The number of piperazine rings is 1. The van der Waals surface area contributed by atoms with Gasteiger partial charge >= 0.3 is 0 Å². The summed E-state index contributed by atoms with van der Waals surface area (Å²) in [7, 11) is -2.08. The molecule has 8 heteroatoms. The number of carbonyl (C=O) groups is 1. The molecule has 30 heavy (non-hydrogen) atoms. The van der Waals surface area contributed by atoms with Crippen LogP contribution in [0.2, 0.25) is 0 Å². The summed E-state index contributed by atoms with van der Waals surface area (Å²) in [4.78, 5) is 19.6. The molecule has 3 aromatic rings. The number of sulfonamides is 1. The first-order valence-electron chi connectivity index (χ1n) is 9.70. The number of hydrogen-bond acceptors (Lipinski definition) is 5. The third kappa shape index (κ3) is 3.76. The fourth-order valence-electron chi connectivity index (χ4n) is 3.68. The Hall–Kier alpha value is -2.97. The van der Waals surface area contributed by atoms with E-state index in [4.69, 9.17) is 4.74 Å². The van der Waals surface area contributed by atoms with E-state index >= 15 is 0 Å². The summed E-state index contributed by atoms with van der Waals surface area (Å²) in [5, 5.41) is 0.807. The van der Waals surface area contributed by atoms with Gasteiger partial charge in [-0.15, -0.1) is 0 Å². The molecule has 0 atom stereocenters.